The third-order valence-electron chi connectivity index (χ3n) is 4.35. The van der Waals surface area contributed by atoms with Crippen LogP contribution in [-0.4, -0.2) is 43.8 Å². The second kappa shape index (κ2) is 5.91. The Bertz CT molecular complexity index is 282. The number of carbonyl (C=O) groups excluding carboxylic acids is 1. The van der Waals surface area contributed by atoms with Crippen LogP contribution in [0.5, 0.6) is 0 Å². The first-order chi connectivity index (χ1) is 8.59. The minimum atomic E-state index is 0.0922. The molecular formula is C14H26N2O2. The van der Waals surface area contributed by atoms with Crippen molar-refractivity contribution in [1.29, 1.82) is 0 Å². The van der Waals surface area contributed by atoms with Gasteiger partial charge in [-0.15, -0.1) is 0 Å². The van der Waals surface area contributed by atoms with Crippen molar-refractivity contribution in [3.8, 4) is 0 Å². The first kappa shape index (κ1) is 13.7. The molecule has 0 radical (unpaired) electrons. The van der Waals surface area contributed by atoms with Crippen molar-refractivity contribution in [2.24, 2.45) is 5.41 Å². The molecule has 1 N–H and O–H groups in total. The van der Waals surface area contributed by atoms with E-state index < -0.39 is 0 Å². The number of amides is 2. The van der Waals surface area contributed by atoms with Crippen molar-refractivity contribution in [1.82, 2.24) is 10.2 Å². The third kappa shape index (κ3) is 3.61. The first-order valence-corrected chi connectivity index (χ1v) is 7.18. The lowest BCUT2D eigenvalue weighted by Crippen LogP contribution is -2.47. The first-order valence-electron chi connectivity index (χ1n) is 7.18. The molecule has 1 heterocycles. The largest absolute Gasteiger partial charge is 0.381 e. The summed E-state index contributed by atoms with van der Waals surface area (Å²) in [6, 6.07) is 0.497. The van der Waals surface area contributed by atoms with Gasteiger partial charge < -0.3 is 15.0 Å². The number of rotatable bonds is 3. The van der Waals surface area contributed by atoms with Crippen LogP contribution < -0.4 is 5.32 Å². The molecule has 1 saturated heterocycles. The van der Waals surface area contributed by atoms with Crippen LogP contribution in [0.25, 0.3) is 0 Å². The molecule has 0 unspecified atom stereocenters. The van der Waals surface area contributed by atoms with Crippen LogP contribution in [0.4, 0.5) is 4.79 Å². The van der Waals surface area contributed by atoms with Gasteiger partial charge in [-0.2, -0.15) is 0 Å². The molecule has 2 rings (SSSR count). The Morgan fingerprint density at radius 1 is 1.33 bits per heavy atom. The van der Waals surface area contributed by atoms with Gasteiger partial charge in [0.2, 0.25) is 0 Å². The molecule has 4 heteroatoms. The molecule has 1 aliphatic heterocycles. The molecule has 0 bridgehead atoms. The minimum absolute atomic E-state index is 0.0922. The smallest absolute Gasteiger partial charge is 0.317 e. The van der Waals surface area contributed by atoms with Crippen molar-refractivity contribution in [3.05, 3.63) is 0 Å². The van der Waals surface area contributed by atoms with Crippen molar-refractivity contribution in [3.63, 3.8) is 0 Å². The molecule has 0 aromatic rings. The molecule has 2 amide bonds. The van der Waals surface area contributed by atoms with Crippen molar-refractivity contribution in [2.75, 3.05) is 26.8 Å². The normalized spacial score (nSPS) is 23.9. The molecule has 2 aliphatic rings. The highest BCUT2D eigenvalue weighted by atomic mass is 16.5. The summed E-state index contributed by atoms with van der Waals surface area (Å²) in [5.41, 5.74) is 0.222. The molecule has 4 nitrogen and oxygen atoms in total. The van der Waals surface area contributed by atoms with Gasteiger partial charge in [-0.3, -0.25) is 0 Å². The van der Waals surface area contributed by atoms with Crippen molar-refractivity contribution < 1.29 is 9.53 Å². The summed E-state index contributed by atoms with van der Waals surface area (Å²) in [6.45, 7) is 4.74. The Labute approximate surface area is 110 Å². The van der Waals surface area contributed by atoms with E-state index in [-0.39, 0.29) is 11.4 Å². The van der Waals surface area contributed by atoms with Gasteiger partial charge in [-0.25, -0.2) is 4.79 Å². The van der Waals surface area contributed by atoms with Gasteiger partial charge in [-0.05, 0) is 31.1 Å². The highest BCUT2D eigenvalue weighted by Gasteiger charge is 2.30. The van der Waals surface area contributed by atoms with Crippen LogP contribution in [0, 0.1) is 5.41 Å². The van der Waals surface area contributed by atoms with E-state index in [1.54, 1.807) is 0 Å². The number of hydrogen-bond donors (Lipinski definition) is 1. The summed E-state index contributed by atoms with van der Waals surface area (Å²) in [6.07, 6.45) is 6.89. The van der Waals surface area contributed by atoms with Gasteiger partial charge >= 0.3 is 6.03 Å². The number of nitrogens with one attached hydrogen (secondary N) is 1. The van der Waals surface area contributed by atoms with Gasteiger partial charge in [0.15, 0.2) is 0 Å². The van der Waals surface area contributed by atoms with Crippen LogP contribution >= 0.6 is 0 Å². The molecule has 18 heavy (non-hydrogen) atoms. The van der Waals surface area contributed by atoms with Crippen molar-refractivity contribution >= 4 is 6.03 Å². The lowest BCUT2D eigenvalue weighted by Gasteiger charge is -2.37. The standard InChI is InChI=1S/C14H26N2O2/c1-14(7-9-18-10-8-14)11-16(2)13(17)15-12-5-3-4-6-12/h12H,3-11H2,1-2H3,(H,15,17). The quantitative estimate of drug-likeness (QED) is 0.840. The second-order valence-electron chi connectivity index (χ2n) is 6.21. The van der Waals surface area contributed by atoms with Crippen molar-refractivity contribution in [2.45, 2.75) is 51.5 Å². The van der Waals surface area contributed by atoms with E-state index in [0.29, 0.717) is 6.04 Å². The van der Waals surface area contributed by atoms with E-state index >= 15 is 0 Å². The average Bonchev–Trinajstić information content (AvgIpc) is 2.82. The third-order valence-corrected chi connectivity index (χ3v) is 4.35. The van der Waals surface area contributed by atoms with Crippen LogP contribution in [-0.2, 0) is 4.74 Å². The molecule has 104 valence electrons. The van der Waals surface area contributed by atoms with Gasteiger partial charge in [0.05, 0.1) is 0 Å². The molecular weight excluding hydrogens is 228 g/mol. The fraction of sp³-hybridized carbons (Fsp3) is 0.929. The minimum Gasteiger partial charge on any atom is -0.381 e. The summed E-state index contributed by atoms with van der Waals surface area (Å²) in [4.78, 5) is 13.9. The maximum absolute atomic E-state index is 12.1. The second-order valence-corrected chi connectivity index (χ2v) is 6.21. The van der Waals surface area contributed by atoms with E-state index in [4.69, 9.17) is 4.74 Å². The van der Waals surface area contributed by atoms with Gasteiger partial charge in [0, 0.05) is 32.8 Å². The van der Waals surface area contributed by atoms with Crippen LogP contribution in [0.3, 0.4) is 0 Å². The number of urea groups is 1. The monoisotopic (exact) mass is 254 g/mol. The average molecular weight is 254 g/mol. The fourth-order valence-corrected chi connectivity index (χ4v) is 3.02. The highest BCUT2D eigenvalue weighted by Crippen LogP contribution is 2.30. The Morgan fingerprint density at radius 2 is 1.94 bits per heavy atom. The lowest BCUT2D eigenvalue weighted by atomic mass is 9.82. The number of hydrogen-bond acceptors (Lipinski definition) is 2. The predicted molar refractivity (Wildman–Crippen MR) is 71.6 cm³/mol. The van der Waals surface area contributed by atoms with E-state index in [9.17, 15) is 4.79 Å². The van der Waals surface area contributed by atoms with Gasteiger partial charge in [0.1, 0.15) is 0 Å². The number of nitrogens with zero attached hydrogens (tertiary/aromatic N) is 1. The van der Waals surface area contributed by atoms with E-state index in [1.165, 1.54) is 12.8 Å². The summed E-state index contributed by atoms with van der Waals surface area (Å²) in [5.74, 6) is 0. The fourth-order valence-electron chi connectivity index (χ4n) is 3.02. The Morgan fingerprint density at radius 3 is 2.56 bits per heavy atom. The SMILES string of the molecule is CN(CC1(C)CCOCC1)C(=O)NC1CCCC1. The lowest BCUT2D eigenvalue weighted by molar-refractivity contribution is 0.0132. The zero-order chi connectivity index (χ0) is 13.0. The molecule has 0 aromatic heterocycles. The molecule has 0 spiro atoms. The summed E-state index contributed by atoms with van der Waals surface area (Å²) in [5, 5.41) is 3.14. The number of ether oxygens (including phenoxy) is 1. The zero-order valence-electron chi connectivity index (χ0n) is 11.7. The predicted octanol–water partition coefficient (Wildman–Crippen LogP) is 2.39. The molecule has 2 fully saturated rings. The summed E-state index contributed by atoms with van der Waals surface area (Å²) < 4.78 is 5.40. The molecule has 1 saturated carbocycles. The Balaban J connectivity index is 1.78. The molecule has 1 aliphatic carbocycles. The summed E-state index contributed by atoms with van der Waals surface area (Å²) >= 11 is 0. The van der Waals surface area contributed by atoms with Gasteiger partial charge in [0.25, 0.3) is 0 Å². The van der Waals surface area contributed by atoms with Crippen LogP contribution in [0.2, 0.25) is 0 Å². The van der Waals surface area contributed by atoms with E-state index in [2.05, 4.69) is 12.2 Å². The number of carbonyl (C=O) groups is 1. The molecule has 0 atom stereocenters. The van der Waals surface area contributed by atoms with Gasteiger partial charge in [-0.1, -0.05) is 19.8 Å². The summed E-state index contributed by atoms with van der Waals surface area (Å²) in [7, 11) is 1.91. The van der Waals surface area contributed by atoms with Crippen LogP contribution in [0.15, 0.2) is 0 Å². The maximum atomic E-state index is 12.1. The Hall–Kier alpha value is -0.770. The topological polar surface area (TPSA) is 41.6 Å². The zero-order valence-corrected chi connectivity index (χ0v) is 11.7. The highest BCUT2D eigenvalue weighted by molar-refractivity contribution is 5.74. The van der Waals surface area contributed by atoms with Crippen LogP contribution in [0.1, 0.15) is 45.4 Å². The van der Waals surface area contributed by atoms with E-state index in [1.807, 2.05) is 11.9 Å². The molecule has 0 aromatic carbocycles. The maximum Gasteiger partial charge on any atom is 0.317 e. The van der Waals surface area contributed by atoms with E-state index in [0.717, 1.165) is 45.4 Å². The Kier molecular flexibility index (Phi) is 4.49.